The maximum atomic E-state index is 13.7. The molecule has 224 valence electrons. The SMILES string of the molecule is O=C(NC[C@@H](O)C(=O)O)c1ccc(CN(C(=O)Nc2nc3cc(Cl)c(Cl)cc3s2)c2ccc(C3CCCCC3)cc2)cc1. The number of nitrogens with zero attached hydrogens (tertiary/aromatic N) is 2. The van der Waals surface area contributed by atoms with Crippen LogP contribution in [0, 0.1) is 0 Å². The fourth-order valence-electron chi connectivity index (χ4n) is 5.10. The van der Waals surface area contributed by atoms with Gasteiger partial charge in [0.05, 0.1) is 33.4 Å². The van der Waals surface area contributed by atoms with Gasteiger partial charge in [0.1, 0.15) is 0 Å². The number of halogens is 2. The Morgan fingerprint density at radius 3 is 2.33 bits per heavy atom. The van der Waals surface area contributed by atoms with Gasteiger partial charge in [-0.1, -0.05) is 78.1 Å². The molecule has 4 aromatic rings. The van der Waals surface area contributed by atoms with E-state index in [1.165, 1.54) is 49.0 Å². The number of aliphatic hydroxyl groups excluding tert-OH is 1. The highest BCUT2D eigenvalue weighted by Crippen LogP contribution is 2.35. The molecule has 1 aliphatic carbocycles. The molecule has 5 rings (SSSR count). The Labute approximate surface area is 262 Å². The molecule has 3 amide bonds. The van der Waals surface area contributed by atoms with Crippen molar-refractivity contribution < 1.29 is 24.6 Å². The number of fused-ring (bicyclic) bond motifs is 1. The summed E-state index contributed by atoms with van der Waals surface area (Å²) in [4.78, 5) is 43.0. The average Bonchev–Trinajstić information content (AvgIpc) is 3.39. The predicted octanol–water partition coefficient (Wildman–Crippen LogP) is 7.06. The minimum atomic E-state index is -1.69. The number of aliphatic carboxylic acids is 1. The van der Waals surface area contributed by atoms with Crippen LogP contribution in [-0.2, 0) is 11.3 Å². The zero-order valence-electron chi connectivity index (χ0n) is 23.1. The Morgan fingerprint density at radius 1 is 0.977 bits per heavy atom. The highest BCUT2D eigenvalue weighted by atomic mass is 35.5. The van der Waals surface area contributed by atoms with Gasteiger partial charge in [0.15, 0.2) is 11.2 Å². The minimum absolute atomic E-state index is 0.205. The van der Waals surface area contributed by atoms with Crippen molar-refractivity contribution in [1.29, 1.82) is 0 Å². The standard InChI is InChI=1S/C31H30Cl2N4O5S/c32-23-14-25-27(15-24(23)33)43-30(35-25)36-31(42)37(22-12-10-20(11-13-22)19-4-2-1-3-5-19)17-18-6-8-21(9-7-18)28(39)34-16-26(38)29(40)41/h6-15,19,26,38H,1-5,16-17H2,(H,34,39)(H,40,41)(H,35,36,42)/t26-/m1/s1. The fraction of sp³-hybridized carbons (Fsp3) is 0.290. The number of thiazole rings is 1. The number of nitrogens with one attached hydrogen (secondary N) is 2. The van der Waals surface area contributed by atoms with Crippen LogP contribution in [0.2, 0.25) is 10.0 Å². The minimum Gasteiger partial charge on any atom is -0.479 e. The van der Waals surface area contributed by atoms with Crippen LogP contribution in [0.4, 0.5) is 15.6 Å². The first-order valence-electron chi connectivity index (χ1n) is 13.9. The molecule has 12 heteroatoms. The van der Waals surface area contributed by atoms with E-state index in [0.29, 0.717) is 37.9 Å². The van der Waals surface area contributed by atoms with Crippen molar-refractivity contribution in [2.75, 3.05) is 16.8 Å². The summed E-state index contributed by atoms with van der Waals surface area (Å²) in [5.74, 6) is -1.41. The Bertz CT molecular complexity index is 1580. The van der Waals surface area contributed by atoms with Crippen molar-refractivity contribution >= 4 is 73.5 Å². The van der Waals surface area contributed by atoms with E-state index >= 15 is 0 Å². The van der Waals surface area contributed by atoms with E-state index in [1.807, 2.05) is 12.1 Å². The van der Waals surface area contributed by atoms with Crippen molar-refractivity contribution in [3.05, 3.63) is 87.4 Å². The molecule has 1 saturated carbocycles. The van der Waals surface area contributed by atoms with Crippen molar-refractivity contribution in [2.24, 2.45) is 0 Å². The summed E-state index contributed by atoms with van der Waals surface area (Å²) < 4.78 is 0.790. The molecule has 1 atom stereocenters. The van der Waals surface area contributed by atoms with Gasteiger partial charge in [-0.15, -0.1) is 0 Å². The molecule has 0 saturated heterocycles. The van der Waals surface area contributed by atoms with Gasteiger partial charge in [-0.2, -0.15) is 0 Å². The second kappa shape index (κ2) is 13.7. The number of amides is 3. The Kier molecular flexibility index (Phi) is 9.82. The highest BCUT2D eigenvalue weighted by molar-refractivity contribution is 7.22. The van der Waals surface area contributed by atoms with E-state index in [4.69, 9.17) is 28.3 Å². The number of carbonyl (C=O) groups excluding carboxylic acids is 2. The van der Waals surface area contributed by atoms with E-state index in [0.717, 1.165) is 10.3 Å². The summed E-state index contributed by atoms with van der Waals surface area (Å²) in [7, 11) is 0. The molecule has 1 aromatic heterocycles. The first-order valence-corrected chi connectivity index (χ1v) is 15.5. The lowest BCUT2D eigenvalue weighted by Crippen LogP contribution is -2.36. The number of carboxylic acids is 1. The third-order valence-electron chi connectivity index (χ3n) is 7.47. The maximum absolute atomic E-state index is 13.7. The topological polar surface area (TPSA) is 132 Å². The normalized spacial score (nSPS) is 14.3. The maximum Gasteiger partial charge on any atom is 0.334 e. The van der Waals surface area contributed by atoms with Crippen LogP contribution in [0.5, 0.6) is 0 Å². The van der Waals surface area contributed by atoms with Gasteiger partial charge >= 0.3 is 12.0 Å². The number of carboxylic acid groups (broad SMARTS) is 1. The van der Waals surface area contributed by atoms with Gasteiger partial charge in [0, 0.05) is 11.3 Å². The molecular weight excluding hydrogens is 611 g/mol. The van der Waals surface area contributed by atoms with Crippen LogP contribution < -0.4 is 15.5 Å². The van der Waals surface area contributed by atoms with Crippen LogP contribution in [0.15, 0.2) is 60.7 Å². The number of hydrogen-bond acceptors (Lipinski definition) is 6. The number of urea groups is 1. The van der Waals surface area contributed by atoms with Crippen molar-refractivity contribution in [1.82, 2.24) is 10.3 Å². The molecule has 1 heterocycles. The first kappa shape index (κ1) is 30.7. The third-order valence-corrected chi connectivity index (χ3v) is 9.12. The Morgan fingerprint density at radius 2 is 1.65 bits per heavy atom. The Balaban J connectivity index is 1.35. The fourth-order valence-corrected chi connectivity index (χ4v) is 6.36. The number of benzene rings is 3. The van der Waals surface area contributed by atoms with Gasteiger partial charge in [0.25, 0.3) is 5.91 Å². The summed E-state index contributed by atoms with van der Waals surface area (Å²) >= 11 is 13.6. The molecule has 0 spiro atoms. The highest BCUT2D eigenvalue weighted by Gasteiger charge is 2.21. The largest absolute Gasteiger partial charge is 0.479 e. The monoisotopic (exact) mass is 640 g/mol. The second-order valence-corrected chi connectivity index (χ2v) is 12.3. The number of hydrogen-bond donors (Lipinski definition) is 4. The quantitative estimate of drug-likeness (QED) is 0.155. The van der Waals surface area contributed by atoms with Crippen molar-refractivity contribution in [3.63, 3.8) is 0 Å². The molecule has 0 unspecified atom stereocenters. The van der Waals surface area contributed by atoms with Gasteiger partial charge in [-0.3, -0.25) is 15.0 Å². The zero-order valence-corrected chi connectivity index (χ0v) is 25.4. The van der Waals surface area contributed by atoms with Crippen LogP contribution in [-0.4, -0.2) is 45.8 Å². The summed E-state index contributed by atoms with van der Waals surface area (Å²) in [6.07, 6.45) is 4.39. The molecule has 0 radical (unpaired) electrons. The third kappa shape index (κ3) is 7.64. The van der Waals surface area contributed by atoms with E-state index < -0.39 is 24.5 Å². The molecule has 0 aliphatic heterocycles. The van der Waals surface area contributed by atoms with Gasteiger partial charge in [-0.05, 0) is 66.3 Å². The summed E-state index contributed by atoms with van der Waals surface area (Å²) in [6, 6.07) is 17.7. The average molecular weight is 642 g/mol. The number of carbonyl (C=O) groups is 3. The van der Waals surface area contributed by atoms with Crippen molar-refractivity contribution in [3.8, 4) is 0 Å². The number of aliphatic hydroxyl groups is 1. The van der Waals surface area contributed by atoms with Crippen LogP contribution in [0.1, 0.15) is 59.5 Å². The van der Waals surface area contributed by atoms with Crippen LogP contribution in [0.25, 0.3) is 10.2 Å². The van der Waals surface area contributed by atoms with E-state index in [9.17, 15) is 19.5 Å². The molecule has 9 nitrogen and oxygen atoms in total. The van der Waals surface area contributed by atoms with Gasteiger partial charge in [-0.25, -0.2) is 14.6 Å². The van der Waals surface area contributed by atoms with Crippen molar-refractivity contribution in [2.45, 2.75) is 50.7 Å². The lowest BCUT2D eigenvalue weighted by molar-refractivity contribution is -0.146. The van der Waals surface area contributed by atoms with E-state index in [1.54, 1.807) is 41.3 Å². The van der Waals surface area contributed by atoms with Gasteiger partial charge in [0.2, 0.25) is 0 Å². The molecule has 1 aliphatic rings. The molecule has 3 aromatic carbocycles. The molecule has 1 fully saturated rings. The predicted molar refractivity (Wildman–Crippen MR) is 170 cm³/mol. The van der Waals surface area contributed by atoms with Crippen LogP contribution in [0.3, 0.4) is 0 Å². The van der Waals surface area contributed by atoms with Crippen LogP contribution >= 0.6 is 34.5 Å². The summed E-state index contributed by atoms with van der Waals surface area (Å²) in [6.45, 7) is -0.207. The molecular formula is C31H30Cl2N4O5S. The summed E-state index contributed by atoms with van der Waals surface area (Å²) in [5.41, 5.74) is 3.65. The van der Waals surface area contributed by atoms with E-state index in [2.05, 4.69) is 27.8 Å². The molecule has 43 heavy (non-hydrogen) atoms. The van der Waals surface area contributed by atoms with E-state index in [-0.39, 0.29) is 12.6 Å². The first-order chi connectivity index (χ1) is 20.7. The Hall–Kier alpha value is -3.70. The molecule has 0 bridgehead atoms. The number of rotatable bonds is 9. The second-order valence-electron chi connectivity index (χ2n) is 10.5. The molecule has 4 N–H and O–H groups in total. The lowest BCUT2D eigenvalue weighted by Gasteiger charge is -2.25. The number of anilines is 2. The lowest BCUT2D eigenvalue weighted by atomic mass is 9.84. The summed E-state index contributed by atoms with van der Waals surface area (Å²) in [5, 5.41) is 24.7. The number of aromatic nitrogens is 1. The smallest absolute Gasteiger partial charge is 0.334 e. The zero-order chi connectivity index (χ0) is 30.5. The van der Waals surface area contributed by atoms with Gasteiger partial charge < -0.3 is 15.5 Å².